The molecule has 0 spiro atoms. The number of ether oxygens (including phenoxy) is 1. The summed E-state index contributed by atoms with van der Waals surface area (Å²) >= 11 is 5.42. The predicted molar refractivity (Wildman–Crippen MR) is 80.6 cm³/mol. The number of nitrogens with zero attached hydrogens (tertiary/aromatic N) is 3. The largest absolute Gasteiger partial charge is 0.492 e. The third-order valence-corrected chi connectivity index (χ3v) is 3.48. The number of nitrogens with one attached hydrogen (secondary N) is 1. The number of rotatable bonds is 4. The second kappa shape index (κ2) is 5.13. The van der Waals surface area contributed by atoms with E-state index in [1.54, 1.807) is 4.68 Å². The SMILES string of the molecule is CCOc1cccc2c1[nH]c(=S)n2Cc1ccn(C)n1. The van der Waals surface area contributed by atoms with E-state index in [0.29, 0.717) is 17.9 Å². The van der Waals surface area contributed by atoms with Gasteiger partial charge in [0.2, 0.25) is 0 Å². The summed E-state index contributed by atoms with van der Waals surface area (Å²) in [5.74, 6) is 0.830. The lowest BCUT2D eigenvalue weighted by atomic mass is 10.3. The van der Waals surface area contributed by atoms with Crippen LogP contribution in [0.2, 0.25) is 0 Å². The van der Waals surface area contributed by atoms with Crippen molar-refractivity contribution in [2.45, 2.75) is 13.5 Å². The van der Waals surface area contributed by atoms with Gasteiger partial charge in [-0.15, -0.1) is 0 Å². The summed E-state index contributed by atoms with van der Waals surface area (Å²) < 4.78 is 10.1. The van der Waals surface area contributed by atoms with Crippen LogP contribution in [0.4, 0.5) is 0 Å². The molecule has 0 aliphatic heterocycles. The first-order chi connectivity index (χ1) is 9.69. The molecule has 0 bridgehead atoms. The number of fused-ring (bicyclic) bond motifs is 1. The lowest BCUT2D eigenvalue weighted by molar-refractivity contribution is 0.343. The smallest absolute Gasteiger partial charge is 0.178 e. The standard InChI is InChI=1S/C14H16N4OS/c1-3-19-12-6-4-5-11-13(12)15-14(20)18(11)9-10-7-8-17(2)16-10/h4-8H,3,9H2,1-2H3,(H,15,20). The monoisotopic (exact) mass is 288 g/mol. The van der Waals surface area contributed by atoms with Crippen LogP contribution in [0.1, 0.15) is 12.6 Å². The van der Waals surface area contributed by atoms with E-state index in [-0.39, 0.29) is 0 Å². The van der Waals surface area contributed by atoms with Gasteiger partial charge in [0, 0.05) is 13.2 Å². The van der Waals surface area contributed by atoms with E-state index in [2.05, 4.69) is 10.1 Å². The normalized spacial score (nSPS) is 11.1. The van der Waals surface area contributed by atoms with Crippen molar-refractivity contribution in [1.29, 1.82) is 0 Å². The van der Waals surface area contributed by atoms with Crippen LogP contribution in [0.3, 0.4) is 0 Å². The molecule has 0 unspecified atom stereocenters. The Morgan fingerprint density at radius 3 is 2.90 bits per heavy atom. The average molecular weight is 288 g/mol. The highest BCUT2D eigenvalue weighted by Gasteiger charge is 2.10. The number of hydrogen-bond acceptors (Lipinski definition) is 3. The van der Waals surface area contributed by atoms with Crippen LogP contribution in [0.5, 0.6) is 5.75 Å². The van der Waals surface area contributed by atoms with Gasteiger partial charge in [-0.05, 0) is 37.3 Å². The number of aromatic amines is 1. The van der Waals surface area contributed by atoms with E-state index in [1.165, 1.54) is 0 Å². The fraction of sp³-hybridized carbons (Fsp3) is 0.286. The van der Waals surface area contributed by atoms with E-state index < -0.39 is 0 Å². The fourth-order valence-corrected chi connectivity index (χ4v) is 2.56. The maximum absolute atomic E-state index is 5.63. The fourth-order valence-electron chi connectivity index (χ4n) is 2.30. The predicted octanol–water partition coefficient (Wildman–Crippen LogP) is 2.88. The molecule has 1 N–H and O–H groups in total. The summed E-state index contributed by atoms with van der Waals surface area (Å²) in [5, 5.41) is 4.40. The van der Waals surface area contributed by atoms with Crippen molar-refractivity contribution < 1.29 is 4.74 Å². The van der Waals surface area contributed by atoms with Gasteiger partial charge in [-0.25, -0.2) is 0 Å². The Balaban J connectivity index is 2.09. The minimum atomic E-state index is 0.630. The summed E-state index contributed by atoms with van der Waals surface area (Å²) in [5.41, 5.74) is 2.95. The maximum atomic E-state index is 5.63. The van der Waals surface area contributed by atoms with Gasteiger partial charge in [-0.2, -0.15) is 5.10 Å². The van der Waals surface area contributed by atoms with Gasteiger partial charge in [0.1, 0.15) is 11.3 Å². The zero-order chi connectivity index (χ0) is 14.1. The third-order valence-electron chi connectivity index (χ3n) is 3.16. The summed E-state index contributed by atoms with van der Waals surface area (Å²) in [4.78, 5) is 3.23. The molecule has 0 radical (unpaired) electrons. The van der Waals surface area contributed by atoms with Crippen LogP contribution < -0.4 is 4.74 Å². The summed E-state index contributed by atoms with van der Waals surface area (Å²) in [6.07, 6.45) is 1.93. The van der Waals surface area contributed by atoms with Gasteiger partial charge in [0.05, 0.1) is 24.4 Å². The van der Waals surface area contributed by atoms with Crippen LogP contribution in [-0.4, -0.2) is 25.9 Å². The maximum Gasteiger partial charge on any atom is 0.178 e. The molecule has 2 aromatic heterocycles. The first-order valence-corrected chi connectivity index (χ1v) is 6.92. The van der Waals surface area contributed by atoms with Crippen LogP contribution in [0.25, 0.3) is 11.0 Å². The number of imidazole rings is 1. The number of aromatic nitrogens is 4. The van der Waals surface area contributed by atoms with Gasteiger partial charge >= 0.3 is 0 Å². The second-order valence-corrected chi connectivity index (χ2v) is 4.97. The highest BCUT2D eigenvalue weighted by atomic mass is 32.1. The molecule has 3 aromatic rings. The highest BCUT2D eigenvalue weighted by molar-refractivity contribution is 7.71. The van der Waals surface area contributed by atoms with Gasteiger partial charge < -0.3 is 14.3 Å². The Kier molecular flexibility index (Phi) is 3.31. The molecule has 1 aromatic carbocycles. The van der Waals surface area contributed by atoms with E-state index in [4.69, 9.17) is 17.0 Å². The summed E-state index contributed by atoms with van der Waals surface area (Å²) in [6, 6.07) is 7.95. The van der Waals surface area contributed by atoms with Crippen LogP contribution in [0, 0.1) is 4.77 Å². The van der Waals surface area contributed by atoms with Crippen LogP contribution >= 0.6 is 12.2 Å². The summed E-state index contributed by atoms with van der Waals surface area (Å²) in [7, 11) is 1.91. The van der Waals surface area contributed by atoms with Crippen molar-refractivity contribution in [3.8, 4) is 5.75 Å². The molecule has 2 heterocycles. The molecule has 0 saturated heterocycles. The molecule has 0 aliphatic carbocycles. The molecule has 5 nitrogen and oxygen atoms in total. The Hall–Kier alpha value is -2.08. The molecular formula is C14H16N4OS. The van der Waals surface area contributed by atoms with Gasteiger partial charge in [-0.3, -0.25) is 4.68 Å². The topological polar surface area (TPSA) is 47.8 Å². The van der Waals surface area contributed by atoms with E-state index >= 15 is 0 Å². The Morgan fingerprint density at radius 2 is 2.20 bits per heavy atom. The average Bonchev–Trinajstić information content (AvgIpc) is 2.97. The molecule has 0 saturated carbocycles. The molecule has 0 amide bonds. The first kappa shape index (κ1) is 12.9. The Labute approximate surface area is 121 Å². The first-order valence-electron chi connectivity index (χ1n) is 6.52. The van der Waals surface area contributed by atoms with E-state index in [9.17, 15) is 0 Å². The molecule has 0 atom stereocenters. The Morgan fingerprint density at radius 1 is 1.35 bits per heavy atom. The van der Waals surface area contributed by atoms with Gasteiger partial charge in [0.25, 0.3) is 0 Å². The molecular weight excluding hydrogens is 272 g/mol. The van der Waals surface area contributed by atoms with Crippen LogP contribution in [0.15, 0.2) is 30.5 Å². The third kappa shape index (κ3) is 2.22. The number of aryl methyl sites for hydroxylation is 1. The molecule has 3 rings (SSSR count). The number of hydrogen-bond donors (Lipinski definition) is 1. The summed E-state index contributed by atoms with van der Waals surface area (Å²) in [6.45, 7) is 3.25. The lowest BCUT2D eigenvalue weighted by Crippen LogP contribution is -2.01. The minimum Gasteiger partial charge on any atom is -0.492 e. The van der Waals surface area contributed by atoms with Gasteiger partial charge in [-0.1, -0.05) is 6.07 Å². The molecule has 20 heavy (non-hydrogen) atoms. The molecule has 0 aliphatic rings. The molecule has 104 valence electrons. The van der Waals surface area contributed by atoms with Crippen molar-refractivity contribution in [2.24, 2.45) is 7.05 Å². The van der Waals surface area contributed by atoms with E-state index in [0.717, 1.165) is 22.5 Å². The molecule has 6 heteroatoms. The van der Waals surface area contributed by atoms with Crippen molar-refractivity contribution in [2.75, 3.05) is 6.61 Å². The molecule has 0 fully saturated rings. The van der Waals surface area contributed by atoms with Gasteiger partial charge in [0.15, 0.2) is 4.77 Å². The number of H-pyrrole nitrogens is 1. The van der Waals surface area contributed by atoms with Crippen molar-refractivity contribution in [3.63, 3.8) is 0 Å². The highest BCUT2D eigenvalue weighted by Crippen LogP contribution is 2.25. The minimum absolute atomic E-state index is 0.630. The second-order valence-electron chi connectivity index (χ2n) is 4.58. The zero-order valence-corrected chi connectivity index (χ0v) is 12.3. The Bertz CT molecular complexity index is 799. The number of para-hydroxylation sites is 1. The quantitative estimate of drug-likeness (QED) is 0.751. The van der Waals surface area contributed by atoms with Crippen molar-refractivity contribution in [1.82, 2.24) is 19.3 Å². The van der Waals surface area contributed by atoms with Crippen molar-refractivity contribution in [3.05, 3.63) is 40.9 Å². The zero-order valence-electron chi connectivity index (χ0n) is 11.5. The van der Waals surface area contributed by atoms with Crippen LogP contribution in [-0.2, 0) is 13.6 Å². The lowest BCUT2D eigenvalue weighted by Gasteiger charge is -2.05. The van der Waals surface area contributed by atoms with E-state index in [1.807, 2.05) is 49.0 Å². The van der Waals surface area contributed by atoms with Crippen molar-refractivity contribution >= 4 is 23.3 Å². The number of benzene rings is 1.